The van der Waals surface area contributed by atoms with Crippen LogP contribution >= 0.6 is 11.6 Å². The molecule has 1 heterocycles. The highest BCUT2D eigenvalue weighted by atomic mass is 35.5. The van der Waals surface area contributed by atoms with Gasteiger partial charge in [-0.1, -0.05) is 35.9 Å². The fourth-order valence-corrected chi connectivity index (χ4v) is 3.88. The summed E-state index contributed by atoms with van der Waals surface area (Å²) in [6.07, 6.45) is 0.136. The summed E-state index contributed by atoms with van der Waals surface area (Å²) in [7, 11) is 0. The third-order valence-electron chi connectivity index (χ3n) is 5.56. The van der Waals surface area contributed by atoms with Crippen LogP contribution in [0.25, 0.3) is 0 Å². The maximum Gasteiger partial charge on any atom is 0.407 e. The molecule has 35 heavy (non-hydrogen) atoms. The number of benzene rings is 2. The zero-order chi connectivity index (χ0) is 25.6. The fourth-order valence-electron chi connectivity index (χ4n) is 3.77. The van der Waals surface area contributed by atoms with Gasteiger partial charge in [-0.25, -0.2) is 4.79 Å². The topological polar surface area (TPSA) is 109 Å². The minimum Gasteiger partial charge on any atom is -0.444 e. The van der Waals surface area contributed by atoms with Crippen LogP contribution in [-0.2, 0) is 27.3 Å². The van der Waals surface area contributed by atoms with Gasteiger partial charge in [0, 0.05) is 23.8 Å². The van der Waals surface area contributed by atoms with Crippen molar-refractivity contribution < 1.29 is 19.1 Å². The molecule has 2 atom stereocenters. The number of rotatable bonds is 7. The maximum absolute atomic E-state index is 13.1. The van der Waals surface area contributed by atoms with E-state index in [0.29, 0.717) is 23.7 Å². The third-order valence-corrected chi connectivity index (χ3v) is 5.98. The Balaban J connectivity index is 1.66. The number of carbonyl (C=O) groups is 3. The van der Waals surface area contributed by atoms with E-state index in [9.17, 15) is 14.4 Å². The summed E-state index contributed by atoms with van der Waals surface area (Å²) in [6, 6.07) is 11.8. The lowest BCUT2D eigenvalue weighted by atomic mass is 9.95. The molecule has 0 fully saturated rings. The van der Waals surface area contributed by atoms with E-state index in [4.69, 9.17) is 16.3 Å². The minimum absolute atomic E-state index is 0.147. The second-order valence-electron chi connectivity index (χ2n) is 9.64. The van der Waals surface area contributed by atoms with Crippen molar-refractivity contribution in [2.75, 3.05) is 11.9 Å². The van der Waals surface area contributed by atoms with Gasteiger partial charge in [-0.15, -0.1) is 0 Å². The van der Waals surface area contributed by atoms with Crippen LogP contribution in [0.15, 0.2) is 42.5 Å². The van der Waals surface area contributed by atoms with Gasteiger partial charge < -0.3 is 26.0 Å². The van der Waals surface area contributed by atoms with E-state index in [1.54, 1.807) is 39.0 Å². The molecule has 0 spiro atoms. The Labute approximate surface area is 211 Å². The summed E-state index contributed by atoms with van der Waals surface area (Å²) in [5.41, 5.74) is 3.02. The van der Waals surface area contributed by atoms with E-state index in [2.05, 4.69) is 21.3 Å². The number of nitrogens with one attached hydrogen (secondary N) is 4. The lowest BCUT2D eigenvalue weighted by molar-refractivity contribution is -0.128. The highest BCUT2D eigenvalue weighted by molar-refractivity contribution is 6.31. The highest BCUT2D eigenvalue weighted by Gasteiger charge is 2.28. The van der Waals surface area contributed by atoms with Crippen LogP contribution in [0.4, 0.5) is 10.5 Å². The molecular formula is C26H33ClN4O4. The smallest absolute Gasteiger partial charge is 0.407 e. The molecule has 0 radical (unpaired) electrons. The number of ether oxygens (including phenoxy) is 1. The van der Waals surface area contributed by atoms with E-state index in [0.717, 1.165) is 16.7 Å². The van der Waals surface area contributed by atoms with E-state index >= 15 is 0 Å². The Morgan fingerprint density at radius 3 is 2.54 bits per heavy atom. The number of halogens is 1. The first-order valence-electron chi connectivity index (χ1n) is 11.7. The van der Waals surface area contributed by atoms with Crippen LogP contribution in [0.1, 0.15) is 43.9 Å². The van der Waals surface area contributed by atoms with Crippen LogP contribution in [0.5, 0.6) is 0 Å². The van der Waals surface area contributed by atoms with Gasteiger partial charge in [0.25, 0.3) is 0 Å². The molecule has 188 valence electrons. The molecule has 0 saturated heterocycles. The summed E-state index contributed by atoms with van der Waals surface area (Å²) in [5, 5.41) is 12.2. The number of aryl methyl sites for hydroxylation is 1. The van der Waals surface area contributed by atoms with E-state index in [1.807, 2.05) is 31.2 Å². The summed E-state index contributed by atoms with van der Waals surface area (Å²) >= 11 is 6.09. The first-order chi connectivity index (χ1) is 16.5. The van der Waals surface area contributed by atoms with Gasteiger partial charge in [0.2, 0.25) is 11.8 Å². The van der Waals surface area contributed by atoms with Crippen molar-refractivity contribution in [3.8, 4) is 0 Å². The van der Waals surface area contributed by atoms with Gasteiger partial charge in [0.1, 0.15) is 11.6 Å². The van der Waals surface area contributed by atoms with Crippen molar-refractivity contribution >= 4 is 35.2 Å². The average Bonchev–Trinajstić information content (AvgIpc) is 2.79. The molecule has 0 unspecified atom stereocenters. The first kappa shape index (κ1) is 26.5. The van der Waals surface area contributed by atoms with E-state index < -0.39 is 23.8 Å². The lowest BCUT2D eigenvalue weighted by Crippen LogP contribution is -2.54. The second kappa shape index (κ2) is 11.6. The summed E-state index contributed by atoms with van der Waals surface area (Å²) in [5.74, 6) is -0.661. The SMILES string of the molecule is Cc1cc(NC(=O)[C@H](CCNC(=O)OC(C)(C)C)NC(=O)[C@@H]2Cc3ccccc3CN2)ccc1Cl. The summed E-state index contributed by atoms with van der Waals surface area (Å²) < 4.78 is 5.25. The number of hydrogen-bond donors (Lipinski definition) is 4. The van der Waals surface area contributed by atoms with E-state index in [-0.39, 0.29) is 24.8 Å². The van der Waals surface area contributed by atoms with Crippen molar-refractivity contribution in [3.05, 3.63) is 64.2 Å². The van der Waals surface area contributed by atoms with Crippen molar-refractivity contribution in [1.29, 1.82) is 0 Å². The van der Waals surface area contributed by atoms with Gasteiger partial charge in [-0.2, -0.15) is 0 Å². The molecular weight excluding hydrogens is 468 g/mol. The highest BCUT2D eigenvalue weighted by Crippen LogP contribution is 2.20. The van der Waals surface area contributed by atoms with Crippen molar-refractivity contribution in [3.63, 3.8) is 0 Å². The molecule has 0 aromatic heterocycles. The third kappa shape index (κ3) is 7.97. The van der Waals surface area contributed by atoms with Gasteiger partial charge in [-0.05, 0) is 75.4 Å². The normalized spacial score (nSPS) is 16.0. The molecule has 0 aliphatic carbocycles. The van der Waals surface area contributed by atoms with Crippen LogP contribution < -0.4 is 21.3 Å². The average molecular weight is 501 g/mol. The largest absolute Gasteiger partial charge is 0.444 e. The molecule has 0 bridgehead atoms. The van der Waals surface area contributed by atoms with Gasteiger partial charge in [0.15, 0.2) is 0 Å². The number of amides is 3. The monoisotopic (exact) mass is 500 g/mol. The Hall–Kier alpha value is -3.10. The van der Waals surface area contributed by atoms with Gasteiger partial charge in [0.05, 0.1) is 6.04 Å². The van der Waals surface area contributed by atoms with Crippen molar-refractivity contribution in [1.82, 2.24) is 16.0 Å². The molecule has 2 aromatic rings. The predicted octanol–water partition coefficient (Wildman–Crippen LogP) is 3.70. The van der Waals surface area contributed by atoms with Crippen molar-refractivity contribution in [2.24, 2.45) is 0 Å². The molecule has 1 aliphatic heterocycles. The number of alkyl carbamates (subject to hydrolysis) is 1. The predicted molar refractivity (Wildman–Crippen MR) is 136 cm³/mol. The van der Waals surface area contributed by atoms with E-state index in [1.165, 1.54) is 0 Å². The molecule has 9 heteroatoms. The molecule has 1 aliphatic rings. The zero-order valence-corrected chi connectivity index (χ0v) is 21.3. The molecule has 8 nitrogen and oxygen atoms in total. The van der Waals surface area contributed by atoms with Crippen LogP contribution in [0.2, 0.25) is 5.02 Å². The zero-order valence-electron chi connectivity index (χ0n) is 20.5. The standard InChI is InChI=1S/C26H33ClN4O4/c1-16-13-19(9-10-20(16)27)30-23(32)21(11-12-28-25(34)35-26(2,3)4)31-24(33)22-14-17-7-5-6-8-18(17)15-29-22/h5-10,13,21-22,29H,11-12,14-15H2,1-4H3,(H,28,34)(H,30,32)(H,31,33)/t21-,22-/m0/s1. The summed E-state index contributed by atoms with van der Waals surface area (Å²) in [6.45, 7) is 7.88. The second-order valence-corrected chi connectivity index (χ2v) is 10.0. The van der Waals surface area contributed by atoms with Crippen LogP contribution in [0, 0.1) is 6.92 Å². The number of anilines is 1. The Morgan fingerprint density at radius 2 is 1.86 bits per heavy atom. The Bertz CT molecular complexity index is 1080. The first-order valence-corrected chi connectivity index (χ1v) is 12.0. The fraction of sp³-hybridized carbons (Fsp3) is 0.423. The lowest BCUT2D eigenvalue weighted by Gasteiger charge is -2.27. The molecule has 4 N–H and O–H groups in total. The van der Waals surface area contributed by atoms with Gasteiger partial charge in [-0.3, -0.25) is 9.59 Å². The van der Waals surface area contributed by atoms with Gasteiger partial charge >= 0.3 is 6.09 Å². The Morgan fingerprint density at radius 1 is 1.14 bits per heavy atom. The molecule has 0 saturated carbocycles. The van der Waals surface area contributed by atoms with Crippen LogP contribution in [-0.4, -0.2) is 42.1 Å². The maximum atomic E-state index is 13.1. The molecule has 3 rings (SSSR count). The van der Waals surface area contributed by atoms with Crippen LogP contribution in [0.3, 0.4) is 0 Å². The summed E-state index contributed by atoms with van der Waals surface area (Å²) in [4.78, 5) is 38.2. The number of fused-ring (bicyclic) bond motifs is 1. The molecule has 3 amide bonds. The Kier molecular flexibility index (Phi) is 8.75. The minimum atomic E-state index is -0.868. The quantitative estimate of drug-likeness (QED) is 0.463. The van der Waals surface area contributed by atoms with Crippen molar-refractivity contribution in [2.45, 2.75) is 64.8 Å². The number of hydrogen-bond acceptors (Lipinski definition) is 5. The molecule has 2 aromatic carbocycles. The number of carbonyl (C=O) groups excluding carboxylic acids is 3.